The number of Topliss-reactive ketones (excluding diaryl/α,β-unsaturated/α-hetero) is 2. The average Bonchev–Trinajstić information content (AvgIpc) is 2.67. The normalized spacial score (nSPS) is 19.9. The van der Waals surface area contributed by atoms with Crippen LogP contribution in [0.1, 0.15) is 57.9 Å². The molecule has 0 radical (unpaired) electrons. The van der Waals surface area contributed by atoms with Crippen molar-refractivity contribution in [2.75, 3.05) is 7.05 Å². The first-order chi connectivity index (χ1) is 13.7. The summed E-state index contributed by atoms with van der Waals surface area (Å²) in [5.74, 6) is -0.885. The number of esters is 1. The predicted octanol–water partition coefficient (Wildman–Crippen LogP) is 4.01. The number of carbonyl (C=O) groups is 4. The lowest BCUT2D eigenvalue weighted by Crippen LogP contribution is -2.54. The van der Waals surface area contributed by atoms with Crippen LogP contribution in [0.3, 0.4) is 0 Å². The SMILES string of the molecule is CC(=O)CCC(=O)OC(C)OC(=O)N(C)[C@]1(c2ccccc2Cl)CCCCC1=O. The van der Waals surface area contributed by atoms with Gasteiger partial charge in [-0.25, -0.2) is 4.79 Å². The van der Waals surface area contributed by atoms with E-state index in [1.165, 1.54) is 25.8 Å². The van der Waals surface area contributed by atoms with Crippen molar-refractivity contribution in [3.05, 3.63) is 34.9 Å². The van der Waals surface area contributed by atoms with Gasteiger partial charge in [0.15, 0.2) is 5.78 Å². The molecule has 1 aliphatic rings. The topological polar surface area (TPSA) is 90.0 Å². The molecule has 7 nitrogen and oxygen atoms in total. The molecule has 158 valence electrons. The molecule has 0 N–H and O–H groups in total. The molecule has 1 amide bonds. The first-order valence-corrected chi connectivity index (χ1v) is 9.98. The zero-order valence-electron chi connectivity index (χ0n) is 16.9. The van der Waals surface area contributed by atoms with Crippen LogP contribution in [-0.4, -0.2) is 41.9 Å². The van der Waals surface area contributed by atoms with E-state index in [4.69, 9.17) is 21.1 Å². The Labute approximate surface area is 175 Å². The molecule has 8 heteroatoms. The highest BCUT2D eigenvalue weighted by molar-refractivity contribution is 6.31. The van der Waals surface area contributed by atoms with Crippen LogP contribution in [-0.2, 0) is 29.4 Å². The number of ether oxygens (including phenoxy) is 2. The van der Waals surface area contributed by atoms with Gasteiger partial charge in [-0.2, -0.15) is 0 Å². The van der Waals surface area contributed by atoms with Gasteiger partial charge in [0.1, 0.15) is 11.3 Å². The van der Waals surface area contributed by atoms with Crippen LogP contribution in [0.2, 0.25) is 5.02 Å². The van der Waals surface area contributed by atoms with Crippen molar-refractivity contribution in [1.82, 2.24) is 4.90 Å². The maximum atomic E-state index is 13.0. The van der Waals surface area contributed by atoms with Crippen molar-refractivity contribution in [2.24, 2.45) is 0 Å². The van der Waals surface area contributed by atoms with Gasteiger partial charge in [0.05, 0.1) is 6.42 Å². The molecule has 0 spiro atoms. The van der Waals surface area contributed by atoms with E-state index in [0.717, 1.165) is 12.8 Å². The fraction of sp³-hybridized carbons (Fsp3) is 0.524. The summed E-state index contributed by atoms with van der Waals surface area (Å²) >= 11 is 6.37. The van der Waals surface area contributed by atoms with Crippen LogP contribution in [0, 0.1) is 0 Å². The van der Waals surface area contributed by atoms with E-state index < -0.39 is 23.9 Å². The number of carbonyl (C=O) groups excluding carboxylic acids is 4. The summed E-state index contributed by atoms with van der Waals surface area (Å²) in [6.45, 7) is 2.78. The van der Waals surface area contributed by atoms with Crippen LogP contribution in [0.25, 0.3) is 0 Å². The third-order valence-corrected chi connectivity index (χ3v) is 5.39. The van der Waals surface area contributed by atoms with E-state index in [-0.39, 0.29) is 24.4 Å². The van der Waals surface area contributed by atoms with E-state index in [0.29, 0.717) is 23.4 Å². The van der Waals surface area contributed by atoms with Crippen LogP contribution >= 0.6 is 11.6 Å². The minimum Gasteiger partial charge on any atom is -0.425 e. The predicted molar refractivity (Wildman–Crippen MR) is 106 cm³/mol. The number of hydrogen-bond donors (Lipinski definition) is 0. The van der Waals surface area contributed by atoms with Crippen molar-refractivity contribution in [1.29, 1.82) is 0 Å². The van der Waals surface area contributed by atoms with Gasteiger partial charge in [-0.1, -0.05) is 29.8 Å². The third kappa shape index (κ3) is 5.35. The summed E-state index contributed by atoms with van der Waals surface area (Å²) < 4.78 is 10.3. The van der Waals surface area contributed by atoms with Crippen molar-refractivity contribution < 1.29 is 28.7 Å². The number of amides is 1. The number of nitrogens with zero attached hydrogens (tertiary/aromatic N) is 1. The average molecular weight is 424 g/mol. The number of hydrogen-bond acceptors (Lipinski definition) is 6. The number of halogens is 1. The van der Waals surface area contributed by atoms with Gasteiger partial charge in [-0.3, -0.25) is 14.5 Å². The number of rotatable bonds is 7. The molecule has 1 aromatic carbocycles. The Kier molecular flexibility index (Phi) is 7.79. The van der Waals surface area contributed by atoms with E-state index in [1.54, 1.807) is 24.3 Å². The molecule has 1 saturated carbocycles. The highest BCUT2D eigenvalue weighted by Crippen LogP contribution is 2.42. The van der Waals surface area contributed by atoms with Gasteiger partial charge in [0.2, 0.25) is 6.29 Å². The van der Waals surface area contributed by atoms with E-state index in [1.807, 2.05) is 0 Å². The molecule has 1 aromatic rings. The lowest BCUT2D eigenvalue weighted by molar-refractivity contribution is -0.168. The molecule has 0 heterocycles. The number of benzene rings is 1. The lowest BCUT2D eigenvalue weighted by atomic mass is 9.74. The van der Waals surface area contributed by atoms with Crippen molar-refractivity contribution in [2.45, 2.75) is 64.2 Å². The molecule has 29 heavy (non-hydrogen) atoms. The minimum atomic E-state index is -1.23. The van der Waals surface area contributed by atoms with Crippen LogP contribution in [0.5, 0.6) is 0 Å². The molecule has 0 saturated heterocycles. The molecule has 0 bridgehead atoms. The monoisotopic (exact) mass is 423 g/mol. The second-order valence-electron chi connectivity index (χ2n) is 7.17. The van der Waals surface area contributed by atoms with Gasteiger partial charge in [0.25, 0.3) is 0 Å². The zero-order valence-corrected chi connectivity index (χ0v) is 17.7. The molecular formula is C21H26ClNO6. The molecule has 0 aromatic heterocycles. The smallest absolute Gasteiger partial charge is 0.413 e. The van der Waals surface area contributed by atoms with Crippen molar-refractivity contribution >= 4 is 35.2 Å². The van der Waals surface area contributed by atoms with Gasteiger partial charge < -0.3 is 14.3 Å². The quantitative estimate of drug-likeness (QED) is 0.486. The van der Waals surface area contributed by atoms with E-state index >= 15 is 0 Å². The largest absolute Gasteiger partial charge is 0.425 e. The fourth-order valence-corrected chi connectivity index (χ4v) is 3.84. The lowest BCUT2D eigenvalue weighted by Gasteiger charge is -2.43. The Bertz CT molecular complexity index is 795. The van der Waals surface area contributed by atoms with Crippen LogP contribution in [0.4, 0.5) is 4.79 Å². The Morgan fingerprint density at radius 1 is 1.17 bits per heavy atom. The molecule has 2 atom stereocenters. The zero-order chi connectivity index (χ0) is 21.6. The maximum absolute atomic E-state index is 13.0. The molecule has 1 unspecified atom stereocenters. The second-order valence-corrected chi connectivity index (χ2v) is 7.58. The fourth-order valence-electron chi connectivity index (χ4n) is 3.55. The van der Waals surface area contributed by atoms with Gasteiger partial charge in [-0.15, -0.1) is 0 Å². The molecule has 1 fully saturated rings. The van der Waals surface area contributed by atoms with Crippen molar-refractivity contribution in [3.63, 3.8) is 0 Å². The Morgan fingerprint density at radius 3 is 2.48 bits per heavy atom. The summed E-state index contributed by atoms with van der Waals surface area (Å²) in [6.07, 6.45) is 0.270. The maximum Gasteiger partial charge on any atom is 0.413 e. The Balaban J connectivity index is 2.17. The van der Waals surface area contributed by atoms with Crippen molar-refractivity contribution in [3.8, 4) is 0 Å². The number of ketones is 2. The molecule has 2 rings (SSSR count). The molecular weight excluding hydrogens is 398 g/mol. The Hall–Kier alpha value is -2.41. The highest BCUT2D eigenvalue weighted by atomic mass is 35.5. The Morgan fingerprint density at radius 2 is 1.86 bits per heavy atom. The van der Waals surface area contributed by atoms with Gasteiger partial charge in [-0.05, 0) is 32.3 Å². The summed E-state index contributed by atoms with van der Waals surface area (Å²) in [4.78, 5) is 49.7. The van der Waals surface area contributed by atoms with Crippen LogP contribution in [0.15, 0.2) is 24.3 Å². The molecule has 0 aliphatic heterocycles. The summed E-state index contributed by atoms with van der Waals surface area (Å²) in [5.41, 5.74) is -0.677. The summed E-state index contributed by atoms with van der Waals surface area (Å²) in [6, 6.07) is 6.94. The van der Waals surface area contributed by atoms with Gasteiger partial charge in [0, 0.05) is 37.4 Å². The van der Waals surface area contributed by atoms with Crippen LogP contribution < -0.4 is 0 Å². The summed E-state index contributed by atoms with van der Waals surface area (Å²) in [7, 11) is 1.49. The van der Waals surface area contributed by atoms with E-state index in [9.17, 15) is 19.2 Å². The van der Waals surface area contributed by atoms with Gasteiger partial charge >= 0.3 is 12.1 Å². The summed E-state index contributed by atoms with van der Waals surface area (Å²) in [5, 5.41) is 0.395. The minimum absolute atomic E-state index is 0.0590. The third-order valence-electron chi connectivity index (χ3n) is 5.06. The number of likely N-dealkylation sites (N-methyl/N-ethyl adjacent to an activating group) is 1. The highest BCUT2D eigenvalue weighted by Gasteiger charge is 2.48. The first kappa shape index (κ1) is 22.9. The first-order valence-electron chi connectivity index (χ1n) is 9.60. The molecule has 1 aliphatic carbocycles. The second kappa shape index (κ2) is 9.87. The van der Waals surface area contributed by atoms with E-state index in [2.05, 4.69) is 0 Å². The standard InChI is InChI=1S/C21H26ClNO6/c1-14(24)11-12-19(26)28-15(2)29-20(27)23(3)21(13-7-6-10-18(21)25)16-8-4-5-9-17(16)22/h4-5,8-9,15H,6-7,10-13H2,1-3H3/t15?,21-/m0/s1.